The molecule has 4 heteroatoms. The van der Waals surface area contributed by atoms with Gasteiger partial charge >= 0.3 is 0 Å². The lowest BCUT2D eigenvalue weighted by Gasteiger charge is -2.40. The first-order valence-corrected chi connectivity index (χ1v) is 7.32. The molecule has 1 atom stereocenters. The molecule has 1 rings (SSSR count). The average Bonchev–Trinajstić information content (AvgIpc) is 2.00. The smallest absolute Gasteiger partial charge is 0.156 e. The van der Waals surface area contributed by atoms with E-state index < -0.39 is 9.84 Å². The summed E-state index contributed by atoms with van der Waals surface area (Å²) in [5, 5.41) is -0.221. The van der Waals surface area contributed by atoms with Gasteiger partial charge in [0.2, 0.25) is 0 Å². The SMILES string of the molecule is CC(C)N1CCS(=O)(=O)C(C(C)(C)C)C1. The van der Waals surface area contributed by atoms with E-state index in [2.05, 4.69) is 18.7 Å². The third-order valence-corrected chi connectivity index (χ3v) is 5.67. The van der Waals surface area contributed by atoms with Crippen molar-refractivity contribution in [3.05, 3.63) is 0 Å². The second kappa shape index (κ2) is 4.06. The van der Waals surface area contributed by atoms with Gasteiger partial charge in [0.15, 0.2) is 9.84 Å². The van der Waals surface area contributed by atoms with Gasteiger partial charge in [-0.3, -0.25) is 4.90 Å². The normalized spacial score (nSPS) is 28.3. The van der Waals surface area contributed by atoms with E-state index in [1.54, 1.807) is 0 Å². The quantitative estimate of drug-likeness (QED) is 0.689. The molecule has 3 nitrogen and oxygen atoms in total. The predicted octanol–water partition coefficient (Wildman–Crippen LogP) is 1.54. The van der Waals surface area contributed by atoms with Crippen molar-refractivity contribution in [2.24, 2.45) is 5.41 Å². The van der Waals surface area contributed by atoms with E-state index >= 15 is 0 Å². The highest BCUT2D eigenvalue weighted by molar-refractivity contribution is 7.92. The van der Waals surface area contributed by atoms with Crippen molar-refractivity contribution >= 4 is 9.84 Å². The van der Waals surface area contributed by atoms with E-state index in [0.717, 1.165) is 0 Å². The van der Waals surface area contributed by atoms with Gasteiger partial charge in [-0.15, -0.1) is 0 Å². The summed E-state index contributed by atoms with van der Waals surface area (Å²) in [6.07, 6.45) is 0. The Kier molecular flexibility index (Phi) is 3.51. The van der Waals surface area contributed by atoms with Crippen LogP contribution < -0.4 is 0 Å². The van der Waals surface area contributed by atoms with Crippen molar-refractivity contribution in [3.8, 4) is 0 Å². The molecular weight excluding hydrogens is 210 g/mol. The summed E-state index contributed by atoms with van der Waals surface area (Å²) in [6.45, 7) is 11.7. The van der Waals surface area contributed by atoms with Crippen molar-refractivity contribution < 1.29 is 8.42 Å². The van der Waals surface area contributed by atoms with E-state index in [-0.39, 0.29) is 10.7 Å². The van der Waals surface area contributed by atoms with Crippen molar-refractivity contribution in [3.63, 3.8) is 0 Å². The molecule has 0 N–H and O–H groups in total. The second-order valence-electron chi connectivity index (χ2n) is 5.81. The maximum absolute atomic E-state index is 12.0. The highest BCUT2D eigenvalue weighted by Gasteiger charge is 2.40. The minimum Gasteiger partial charge on any atom is -0.299 e. The highest BCUT2D eigenvalue weighted by atomic mass is 32.2. The lowest BCUT2D eigenvalue weighted by atomic mass is 9.91. The lowest BCUT2D eigenvalue weighted by molar-refractivity contribution is 0.189. The highest BCUT2D eigenvalue weighted by Crippen LogP contribution is 2.30. The minimum atomic E-state index is -2.89. The van der Waals surface area contributed by atoms with Gasteiger partial charge in [0.05, 0.1) is 11.0 Å². The first-order valence-electron chi connectivity index (χ1n) is 5.60. The fraction of sp³-hybridized carbons (Fsp3) is 1.00. The Bertz CT molecular complexity index is 314. The summed E-state index contributed by atoms with van der Waals surface area (Å²) < 4.78 is 23.9. The molecule has 15 heavy (non-hydrogen) atoms. The third-order valence-electron chi connectivity index (χ3n) is 3.19. The van der Waals surface area contributed by atoms with Crippen molar-refractivity contribution in [1.82, 2.24) is 4.90 Å². The Morgan fingerprint density at radius 3 is 2.20 bits per heavy atom. The Balaban J connectivity index is 2.90. The molecule has 0 aliphatic carbocycles. The summed E-state index contributed by atoms with van der Waals surface area (Å²) in [5.41, 5.74) is -0.160. The number of sulfone groups is 1. The molecule has 0 aromatic rings. The first-order chi connectivity index (χ1) is 6.64. The average molecular weight is 233 g/mol. The first kappa shape index (κ1) is 13.0. The van der Waals surface area contributed by atoms with Gasteiger partial charge in [-0.05, 0) is 19.3 Å². The van der Waals surface area contributed by atoms with E-state index in [1.807, 2.05) is 20.8 Å². The largest absolute Gasteiger partial charge is 0.299 e. The van der Waals surface area contributed by atoms with Gasteiger partial charge in [0.25, 0.3) is 0 Å². The summed E-state index contributed by atoms with van der Waals surface area (Å²) in [6, 6.07) is 0.436. The molecule has 0 aromatic heterocycles. The molecule has 1 aliphatic heterocycles. The van der Waals surface area contributed by atoms with Crippen LogP contribution in [0.25, 0.3) is 0 Å². The molecule has 1 aliphatic rings. The second-order valence-corrected chi connectivity index (χ2v) is 8.11. The number of hydrogen-bond donors (Lipinski definition) is 0. The minimum absolute atomic E-state index is 0.160. The molecule has 1 fully saturated rings. The van der Waals surface area contributed by atoms with Crippen molar-refractivity contribution in [1.29, 1.82) is 0 Å². The number of hydrogen-bond acceptors (Lipinski definition) is 3. The van der Waals surface area contributed by atoms with Crippen LogP contribution in [0, 0.1) is 5.41 Å². The lowest BCUT2D eigenvalue weighted by Crippen LogP contribution is -2.53. The third kappa shape index (κ3) is 2.94. The zero-order valence-corrected chi connectivity index (χ0v) is 11.3. The molecule has 0 saturated carbocycles. The standard InChI is InChI=1S/C11H23NO2S/c1-9(2)12-6-7-15(13,14)10(8-12)11(3,4)5/h9-10H,6-8H2,1-5H3. The van der Waals surface area contributed by atoms with E-state index in [1.165, 1.54) is 0 Å². The van der Waals surface area contributed by atoms with E-state index in [4.69, 9.17) is 0 Å². The van der Waals surface area contributed by atoms with Gasteiger partial charge in [-0.1, -0.05) is 20.8 Å². The zero-order chi connectivity index (χ0) is 11.9. The summed E-state index contributed by atoms with van der Waals surface area (Å²) in [4.78, 5) is 2.26. The van der Waals surface area contributed by atoms with Crippen molar-refractivity contribution in [2.75, 3.05) is 18.8 Å². The van der Waals surface area contributed by atoms with Crippen molar-refractivity contribution in [2.45, 2.75) is 45.9 Å². The van der Waals surface area contributed by atoms with E-state index in [0.29, 0.717) is 24.9 Å². The monoisotopic (exact) mass is 233 g/mol. The molecule has 0 amide bonds. The molecule has 90 valence electrons. The van der Waals surface area contributed by atoms with Crippen LogP contribution in [-0.4, -0.2) is 43.5 Å². The fourth-order valence-corrected chi connectivity index (χ4v) is 4.36. The maximum Gasteiger partial charge on any atom is 0.156 e. The number of nitrogens with zero attached hydrogens (tertiary/aromatic N) is 1. The summed E-state index contributed by atoms with van der Waals surface area (Å²) in [5.74, 6) is 0.313. The van der Waals surface area contributed by atoms with Crippen LogP contribution in [0.1, 0.15) is 34.6 Å². The Morgan fingerprint density at radius 2 is 1.80 bits per heavy atom. The van der Waals surface area contributed by atoms with Crippen LogP contribution in [0.5, 0.6) is 0 Å². The summed E-state index contributed by atoms with van der Waals surface area (Å²) in [7, 11) is -2.89. The fourth-order valence-electron chi connectivity index (χ4n) is 2.09. The molecule has 0 aromatic carbocycles. The van der Waals surface area contributed by atoms with Gasteiger partial charge in [-0.25, -0.2) is 8.42 Å². The molecule has 1 unspecified atom stereocenters. The van der Waals surface area contributed by atoms with Gasteiger partial charge in [0, 0.05) is 19.1 Å². The Labute approximate surface area is 93.8 Å². The maximum atomic E-state index is 12.0. The molecule has 1 heterocycles. The molecule has 0 spiro atoms. The molecule has 0 bridgehead atoms. The van der Waals surface area contributed by atoms with Gasteiger partial charge < -0.3 is 0 Å². The van der Waals surface area contributed by atoms with E-state index in [9.17, 15) is 8.42 Å². The van der Waals surface area contributed by atoms with Gasteiger partial charge in [-0.2, -0.15) is 0 Å². The molecule has 1 saturated heterocycles. The zero-order valence-electron chi connectivity index (χ0n) is 10.4. The van der Waals surface area contributed by atoms with Crippen LogP contribution in [0.3, 0.4) is 0 Å². The van der Waals surface area contributed by atoms with Crippen LogP contribution >= 0.6 is 0 Å². The van der Waals surface area contributed by atoms with Crippen LogP contribution in [0.15, 0.2) is 0 Å². The molecular formula is C11H23NO2S. The summed E-state index contributed by atoms with van der Waals surface area (Å²) >= 11 is 0. The van der Waals surface area contributed by atoms with Crippen LogP contribution in [-0.2, 0) is 9.84 Å². The van der Waals surface area contributed by atoms with Gasteiger partial charge in [0.1, 0.15) is 0 Å². The number of rotatable bonds is 1. The Hall–Kier alpha value is -0.0900. The molecule has 0 radical (unpaired) electrons. The predicted molar refractivity (Wildman–Crippen MR) is 63.7 cm³/mol. The van der Waals surface area contributed by atoms with Crippen LogP contribution in [0.2, 0.25) is 0 Å². The topological polar surface area (TPSA) is 37.4 Å². The van der Waals surface area contributed by atoms with Crippen LogP contribution in [0.4, 0.5) is 0 Å². The Morgan fingerprint density at radius 1 is 1.27 bits per heavy atom.